The minimum Gasteiger partial charge on any atom is -0.309 e. The van der Waals surface area contributed by atoms with Crippen molar-refractivity contribution >= 4 is 102 Å². The van der Waals surface area contributed by atoms with E-state index >= 15 is 0 Å². The van der Waals surface area contributed by atoms with Crippen LogP contribution in [0, 0.1) is 0 Å². The lowest BCUT2D eigenvalue weighted by Gasteiger charge is -2.29. The molecule has 3 heterocycles. The van der Waals surface area contributed by atoms with Gasteiger partial charge >= 0.3 is 0 Å². The molecule has 3 aromatic heterocycles. The average Bonchev–Trinajstić information content (AvgIpc) is 3.89. The predicted molar refractivity (Wildman–Crippen MR) is 227 cm³/mol. The standard InChI is InChI=1S/C48H30N2S2/c1-6-23-40(33(16-1)31-14-11-15-32(30-31)49-41-24-7-2-17-34(41)35-18-3-8-25-42(35)49)50(43-26-12-21-38-36-19-4-9-28-45(36)51-47(38)43)44-27-13-22-39-37-20-5-10-29-46(37)52-48(39)44/h1-30H. The van der Waals surface area contributed by atoms with Gasteiger partial charge in [0.2, 0.25) is 0 Å². The molecule has 0 amide bonds. The molecule has 0 unspecified atom stereocenters. The molecule has 0 aliphatic carbocycles. The molecule has 8 aromatic carbocycles. The Kier molecular flexibility index (Phi) is 6.63. The Morgan fingerprint density at radius 3 is 1.44 bits per heavy atom. The van der Waals surface area contributed by atoms with Crippen molar-refractivity contribution in [3.05, 3.63) is 182 Å². The van der Waals surface area contributed by atoms with E-state index < -0.39 is 0 Å². The Hall–Kier alpha value is -6.20. The fourth-order valence-corrected chi connectivity index (χ4v) is 10.5. The first-order valence-corrected chi connectivity index (χ1v) is 19.2. The molecule has 0 aliphatic rings. The Labute approximate surface area is 308 Å². The number of benzene rings is 8. The van der Waals surface area contributed by atoms with Crippen LogP contribution in [0.1, 0.15) is 0 Å². The van der Waals surface area contributed by atoms with Crippen molar-refractivity contribution in [1.82, 2.24) is 4.57 Å². The lowest BCUT2D eigenvalue weighted by atomic mass is 10.0. The first-order chi connectivity index (χ1) is 25.8. The fourth-order valence-electron chi connectivity index (χ4n) is 8.13. The molecule has 0 atom stereocenters. The summed E-state index contributed by atoms with van der Waals surface area (Å²) in [6.07, 6.45) is 0. The zero-order valence-corrected chi connectivity index (χ0v) is 29.7. The van der Waals surface area contributed by atoms with Crippen molar-refractivity contribution in [3.8, 4) is 16.8 Å². The lowest BCUT2D eigenvalue weighted by Crippen LogP contribution is -2.11. The van der Waals surface area contributed by atoms with Crippen LogP contribution in [0.4, 0.5) is 17.1 Å². The van der Waals surface area contributed by atoms with Crippen LogP contribution in [0.3, 0.4) is 0 Å². The number of rotatable bonds is 5. The number of hydrogen-bond donors (Lipinski definition) is 0. The van der Waals surface area contributed by atoms with E-state index in [1.165, 1.54) is 84.7 Å². The van der Waals surface area contributed by atoms with E-state index in [4.69, 9.17) is 0 Å². The second-order valence-corrected chi connectivity index (χ2v) is 15.4. The topological polar surface area (TPSA) is 8.17 Å². The highest BCUT2D eigenvalue weighted by Gasteiger charge is 2.24. The summed E-state index contributed by atoms with van der Waals surface area (Å²) in [7, 11) is 0. The van der Waals surface area contributed by atoms with Crippen LogP contribution >= 0.6 is 22.7 Å². The minimum atomic E-state index is 1.15. The van der Waals surface area contributed by atoms with Crippen molar-refractivity contribution in [3.63, 3.8) is 0 Å². The molecule has 244 valence electrons. The summed E-state index contributed by atoms with van der Waals surface area (Å²) in [5, 5.41) is 7.72. The van der Waals surface area contributed by atoms with Gasteiger partial charge in [0.25, 0.3) is 0 Å². The van der Waals surface area contributed by atoms with Crippen LogP contribution in [0.25, 0.3) is 79.0 Å². The largest absolute Gasteiger partial charge is 0.309 e. The molecule has 4 heteroatoms. The third kappa shape index (κ3) is 4.42. The summed E-state index contributed by atoms with van der Waals surface area (Å²) in [6.45, 7) is 0. The molecule has 0 radical (unpaired) electrons. The van der Waals surface area contributed by atoms with Gasteiger partial charge in [0.15, 0.2) is 0 Å². The molecule has 0 bridgehead atoms. The monoisotopic (exact) mass is 698 g/mol. The predicted octanol–water partition coefficient (Wildman–Crippen LogP) is 14.7. The summed E-state index contributed by atoms with van der Waals surface area (Å²) in [5.74, 6) is 0. The molecule has 2 nitrogen and oxygen atoms in total. The number of aromatic nitrogens is 1. The number of hydrogen-bond acceptors (Lipinski definition) is 3. The van der Waals surface area contributed by atoms with Gasteiger partial charge in [0, 0.05) is 53.0 Å². The van der Waals surface area contributed by atoms with Crippen molar-refractivity contribution in [2.75, 3.05) is 4.90 Å². The first kappa shape index (κ1) is 29.5. The number of anilines is 3. The van der Waals surface area contributed by atoms with Gasteiger partial charge in [-0.1, -0.05) is 127 Å². The molecule has 11 aromatic rings. The van der Waals surface area contributed by atoms with Gasteiger partial charge in [0.1, 0.15) is 0 Å². The Morgan fingerprint density at radius 1 is 0.365 bits per heavy atom. The Morgan fingerprint density at radius 2 is 0.827 bits per heavy atom. The van der Waals surface area contributed by atoms with Crippen molar-refractivity contribution in [2.24, 2.45) is 0 Å². The van der Waals surface area contributed by atoms with Gasteiger partial charge < -0.3 is 9.47 Å². The summed E-state index contributed by atoms with van der Waals surface area (Å²) < 4.78 is 7.59. The summed E-state index contributed by atoms with van der Waals surface area (Å²) >= 11 is 3.76. The van der Waals surface area contributed by atoms with E-state index in [0.717, 1.165) is 11.4 Å². The maximum atomic E-state index is 2.53. The van der Waals surface area contributed by atoms with Gasteiger partial charge in [-0.3, -0.25) is 0 Å². The van der Waals surface area contributed by atoms with Crippen molar-refractivity contribution in [2.45, 2.75) is 0 Å². The number of thiophene rings is 2. The number of fused-ring (bicyclic) bond motifs is 9. The molecule has 0 saturated heterocycles. The number of para-hydroxylation sites is 3. The highest BCUT2D eigenvalue weighted by Crippen LogP contribution is 2.50. The highest BCUT2D eigenvalue weighted by molar-refractivity contribution is 7.27. The van der Waals surface area contributed by atoms with E-state index in [1.54, 1.807) is 0 Å². The van der Waals surface area contributed by atoms with Gasteiger partial charge in [-0.2, -0.15) is 0 Å². The molecule has 11 rings (SSSR count). The summed E-state index contributed by atoms with van der Waals surface area (Å²) in [6, 6.07) is 66.6. The summed E-state index contributed by atoms with van der Waals surface area (Å²) in [5.41, 5.74) is 9.45. The zero-order chi connectivity index (χ0) is 34.2. The van der Waals surface area contributed by atoms with Crippen LogP contribution in [-0.2, 0) is 0 Å². The third-order valence-corrected chi connectivity index (χ3v) is 12.8. The van der Waals surface area contributed by atoms with Crippen LogP contribution in [0.2, 0.25) is 0 Å². The second kappa shape index (κ2) is 11.7. The Bertz CT molecular complexity index is 2990. The van der Waals surface area contributed by atoms with Crippen LogP contribution in [-0.4, -0.2) is 4.57 Å². The molecule has 0 saturated carbocycles. The zero-order valence-electron chi connectivity index (χ0n) is 28.0. The summed E-state index contributed by atoms with van der Waals surface area (Å²) in [4.78, 5) is 2.53. The molecule has 52 heavy (non-hydrogen) atoms. The molecule has 0 aliphatic heterocycles. The smallest absolute Gasteiger partial charge is 0.0641 e. The van der Waals surface area contributed by atoms with E-state index in [1.807, 2.05) is 22.7 Å². The average molecular weight is 699 g/mol. The highest BCUT2D eigenvalue weighted by atomic mass is 32.1. The van der Waals surface area contributed by atoms with Gasteiger partial charge in [-0.05, 0) is 60.2 Å². The van der Waals surface area contributed by atoms with E-state index in [9.17, 15) is 0 Å². The molecule has 0 fully saturated rings. The second-order valence-electron chi connectivity index (χ2n) is 13.3. The maximum absolute atomic E-state index is 2.53. The minimum absolute atomic E-state index is 1.15. The van der Waals surface area contributed by atoms with Crippen LogP contribution in [0.15, 0.2) is 182 Å². The molecule has 0 spiro atoms. The van der Waals surface area contributed by atoms with Gasteiger partial charge in [-0.25, -0.2) is 0 Å². The first-order valence-electron chi connectivity index (χ1n) is 17.6. The van der Waals surface area contributed by atoms with E-state index in [2.05, 4.69) is 191 Å². The van der Waals surface area contributed by atoms with E-state index in [-0.39, 0.29) is 0 Å². The fraction of sp³-hybridized carbons (Fsp3) is 0. The molecular formula is C48H30N2S2. The maximum Gasteiger partial charge on any atom is 0.0641 e. The van der Waals surface area contributed by atoms with Gasteiger partial charge in [0.05, 0.1) is 37.5 Å². The van der Waals surface area contributed by atoms with Gasteiger partial charge in [-0.15, -0.1) is 22.7 Å². The van der Waals surface area contributed by atoms with Crippen molar-refractivity contribution < 1.29 is 0 Å². The number of nitrogens with zero attached hydrogens (tertiary/aromatic N) is 2. The van der Waals surface area contributed by atoms with Crippen LogP contribution < -0.4 is 4.90 Å². The normalized spacial score (nSPS) is 11.8. The Balaban J connectivity index is 1.18. The van der Waals surface area contributed by atoms with Crippen molar-refractivity contribution in [1.29, 1.82) is 0 Å². The van der Waals surface area contributed by atoms with E-state index in [0.29, 0.717) is 0 Å². The third-order valence-electron chi connectivity index (χ3n) is 10.4. The molecular weight excluding hydrogens is 669 g/mol. The molecule has 0 N–H and O–H groups in total. The van der Waals surface area contributed by atoms with Crippen LogP contribution in [0.5, 0.6) is 0 Å². The lowest BCUT2D eigenvalue weighted by molar-refractivity contribution is 1.18. The SMILES string of the molecule is c1cc(-c2ccccc2N(c2cccc3c2sc2ccccc23)c2cccc3c2sc2ccccc23)cc(-n2c3ccccc3c3ccccc32)c1. The quantitative estimate of drug-likeness (QED) is 0.174.